The first kappa shape index (κ1) is 70.6. The number of ketones is 1. The number of hydrogen-bond donors (Lipinski definition) is 7. The van der Waals surface area contributed by atoms with Crippen LogP contribution in [-0.4, -0.2) is 179 Å². The van der Waals surface area contributed by atoms with Gasteiger partial charge in [0.1, 0.15) is 42.3 Å². The Morgan fingerprint density at radius 1 is 0.810 bits per heavy atom. The van der Waals surface area contributed by atoms with E-state index in [0.717, 1.165) is 70.5 Å². The number of para-hydroxylation sites is 1. The Morgan fingerprint density at radius 2 is 1.57 bits per heavy atom. The summed E-state index contributed by atoms with van der Waals surface area (Å²) < 4.78 is 26.8. The normalized spacial score (nSPS) is 25.2. The Morgan fingerprint density at radius 3 is 2.32 bits per heavy atom. The van der Waals surface area contributed by atoms with Gasteiger partial charge >= 0.3 is 18.0 Å². The quantitative estimate of drug-likeness (QED) is 0.0178. The second kappa shape index (κ2) is 29.1. The van der Waals surface area contributed by atoms with E-state index in [-0.39, 0.29) is 109 Å². The van der Waals surface area contributed by atoms with E-state index in [1.54, 1.807) is 37.5 Å². The minimum atomic E-state index is -1.97. The Balaban J connectivity index is 0.645. The summed E-state index contributed by atoms with van der Waals surface area (Å²) >= 11 is 1.41. The summed E-state index contributed by atoms with van der Waals surface area (Å²) in [5, 5.41) is 63.0. The lowest BCUT2D eigenvalue weighted by atomic mass is 9.39. The number of carboxylic acid groups (broad SMARTS) is 2. The van der Waals surface area contributed by atoms with Crippen LogP contribution in [0.5, 0.6) is 5.75 Å². The number of carbonyl (C=O) groups excluding carboxylic acids is 6. The average molecular weight is 1390 g/mol. The molecule has 3 aliphatic heterocycles. The molecule has 5 amide bonds. The minimum Gasteiger partial charge on any atom is -0.479 e. The number of Topliss-reactive ketones (excluding diaryl/α,β-unsaturated/α-hetero) is 1. The number of carbonyl (C=O) groups is 8. The molecule has 5 fully saturated rings. The van der Waals surface area contributed by atoms with Crippen LogP contribution in [0.3, 0.4) is 0 Å². The van der Waals surface area contributed by atoms with Crippen LogP contribution in [0.1, 0.15) is 141 Å². The molecule has 27 heteroatoms. The fourth-order valence-electron chi connectivity index (χ4n) is 16.7. The zero-order chi connectivity index (χ0) is 70.8. The molecule has 26 nitrogen and oxygen atoms in total. The van der Waals surface area contributed by atoms with Gasteiger partial charge in [0.2, 0.25) is 12.2 Å². The van der Waals surface area contributed by atoms with Crippen molar-refractivity contribution in [2.75, 3.05) is 55.4 Å². The number of imide groups is 1. The van der Waals surface area contributed by atoms with E-state index in [9.17, 15) is 63.9 Å². The number of carboxylic acids is 2. The molecule has 6 heterocycles. The number of rotatable bonds is 28. The van der Waals surface area contributed by atoms with E-state index in [2.05, 4.69) is 29.5 Å². The molecule has 13 rings (SSSR count). The number of ether oxygens (including phenoxy) is 4. The lowest BCUT2D eigenvalue weighted by molar-refractivity contribution is -0.271. The first-order valence-corrected chi connectivity index (χ1v) is 34.7. The number of nitrogens with one attached hydrogen (secondary N) is 2. The highest BCUT2D eigenvalue weighted by atomic mass is 32.1. The summed E-state index contributed by atoms with van der Waals surface area (Å²) in [7, 11) is 1.63. The number of thiazole rings is 1. The van der Waals surface area contributed by atoms with Gasteiger partial charge in [0.05, 0.1) is 34.3 Å². The van der Waals surface area contributed by atoms with Crippen LogP contribution in [0.15, 0.2) is 97.2 Å². The summed E-state index contributed by atoms with van der Waals surface area (Å²) in [6.07, 6.45) is 5.60. The lowest BCUT2D eigenvalue weighted by Crippen LogP contribution is -2.64. The second-order valence-corrected chi connectivity index (χ2v) is 29.4. The maximum atomic E-state index is 13.8. The number of anilines is 3. The van der Waals surface area contributed by atoms with E-state index >= 15 is 0 Å². The molecule has 3 aromatic carbocycles. The van der Waals surface area contributed by atoms with Crippen molar-refractivity contribution in [3.8, 4) is 16.9 Å². The zero-order valence-corrected chi connectivity index (χ0v) is 57.0. The van der Waals surface area contributed by atoms with Crippen molar-refractivity contribution in [1.29, 1.82) is 0 Å². The van der Waals surface area contributed by atoms with E-state index in [1.807, 2.05) is 65.0 Å². The van der Waals surface area contributed by atoms with Crippen molar-refractivity contribution in [2.24, 2.45) is 16.2 Å². The number of aromatic carboxylic acids is 1. The number of benzene rings is 3. The number of nitrogens with zero attached hydrogens (tertiary/aromatic N) is 7. The third-order valence-electron chi connectivity index (χ3n) is 20.2. The Kier molecular flexibility index (Phi) is 20.6. The monoisotopic (exact) mass is 1390 g/mol. The number of amides is 5. The molecule has 4 aliphatic carbocycles. The zero-order valence-electron chi connectivity index (χ0n) is 56.2. The summed E-state index contributed by atoms with van der Waals surface area (Å²) in [6, 6.07) is 21.6. The Labute approximate surface area is 580 Å². The molecule has 2 unspecified atom stereocenters. The van der Waals surface area contributed by atoms with Gasteiger partial charge in [-0.05, 0) is 153 Å². The predicted molar refractivity (Wildman–Crippen MR) is 367 cm³/mol. The van der Waals surface area contributed by atoms with Gasteiger partial charge in [-0.25, -0.2) is 24.4 Å². The van der Waals surface area contributed by atoms with Crippen molar-refractivity contribution < 1.29 is 82.8 Å². The SMILES string of the molecule is Cc1c(-c2ccc(N3CCc4cccc(C(=O)Nc5nc6ccccc6s5)c4C3)nc2C(=O)O)cnn1CC12CC3(C)CC(C)(C1)CC(OCCN(C)C(=O)OC/C=C/c1ccc(O[C@@H]4O[C@H](C(=O)O)[C@@H](O)[C@H](O)[C@H]4O)c(NC(=O)CCCC(=O)CCCCCN4C(=O)C=CC4=O)c1)(C3)C2. The van der Waals surface area contributed by atoms with Gasteiger partial charge in [-0.15, -0.1) is 0 Å². The Bertz CT molecular complexity index is 4170. The lowest BCUT2D eigenvalue weighted by Gasteiger charge is -2.69. The van der Waals surface area contributed by atoms with Crippen LogP contribution < -0.4 is 20.3 Å². The topological polar surface area (TPSA) is 352 Å². The van der Waals surface area contributed by atoms with Crippen molar-refractivity contribution >= 4 is 91.7 Å². The van der Waals surface area contributed by atoms with Gasteiger partial charge in [0, 0.05) is 93.6 Å². The first-order valence-electron chi connectivity index (χ1n) is 33.8. The molecule has 528 valence electrons. The molecular formula is C73H83N9O17S. The van der Waals surface area contributed by atoms with Crippen molar-refractivity contribution in [3.05, 3.63) is 131 Å². The molecule has 4 bridgehead atoms. The summed E-state index contributed by atoms with van der Waals surface area (Å²) in [4.78, 5) is 116. The van der Waals surface area contributed by atoms with E-state index in [1.165, 1.54) is 40.5 Å². The van der Waals surface area contributed by atoms with Crippen LogP contribution in [0, 0.1) is 23.2 Å². The third kappa shape index (κ3) is 15.5. The van der Waals surface area contributed by atoms with Crippen molar-refractivity contribution in [1.82, 2.24) is 29.5 Å². The molecule has 100 heavy (non-hydrogen) atoms. The molecule has 0 spiro atoms. The van der Waals surface area contributed by atoms with Gasteiger partial charge < -0.3 is 59.6 Å². The van der Waals surface area contributed by atoms with Crippen LogP contribution in [0.25, 0.3) is 27.4 Å². The van der Waals surface area contributed by atoms with Crippen LogP contribution in [0.4, 0.5) is 21.4 Å². The molecule has 0 radical (unpaired) electrons. The number of fused-ring (bicyclic) bond motifs is 2. The standard InChI is InChI=1S/C73H83N9O17S/c1-43-49(47-22-24-55(77-59(47)65(91)92)80-29-27-45-14-10-17-48(50(45)35-80)64(90)78-68-76-51-18-7-8-19-54(51)100-68)34-74-82(43)42-72-37-70(2)36-71(3,38-72)40-73(39-70,41-72)97-32-30-79(4)69(95)96-31-12-13-44-21-23-53(98-67-62(89)60(87)61(88)63(99-67)66(93)94)52(33-44)75-56(84)20-11-16-46(83)15-6-5-9-28-81-57(85)25-26-58(81)86/h7-8,10,12-14,17-19,21-26,33-34,60-63,67,87-89H,5-6,9,11,15-16,20,27-32,35-42H2,1-4H3,(H,75,84)(H,91,92)(H,93,94)(H,76,78,90)/b13-12+/t60-,61-,62+,63-,67+,70?,71?,72?,73?/m0/s1. The summed E-state index contributed by atoms with van der Waals surface area (Å²) in [6.45, 7) is 8.82. The number of aliphatic carboxylic acids is 1. The molecule has 7 N–H and O–H groups in total. The van der Waals surface area contributed by atoms with Crippen LogP contribution in [0.2, 0.25) is 0 Å². The number of aliphatic hydroxyl groups excluding tert-OH is 3. The van der Waals surface area contributed by atoms with Gasteiger partial charge in [0.25, 0.3) is 17.7 Å². The van der Waals surface area contributed by atoms with Gasteiger partial charge in [-0.3, -0.25) is 38.9 Å². The molecule has 3 aromatic heterocycles. The van der Waals surface area contributed by atoms with Crippen molar-refractivity contribution in [2.45, 2.75) is 160 Å². The number of pyridine rings is 1. The van der Waals surface area contributed by atoms with Crippen LogP contribution in [-0.2, 0) is 57.7 Å². The second-order valence-electron chi connectivity index (χ2n) is 28.4. The molecular weight excluding hydrogens is 1310 g/mol. The molecule has 7 atom stereocenters. The van der Waals surface area contributed by atoms with E-state index in [4.69, 9.17) is 29.0 Å². The van der Waals surface area contributed by atoms with Crippen LogP contribution >= 0.6 is 11.3 Å². The van der Waals surface area contributed by atoms with Crippen molar-refractivity contribution in [3.63, 3.8) is 0 Å². The van der Waals surface area contributed by atoms with E-state index in [0.29, 0.717) is 78.5 Å². The summed E-state index contributed by atoms with van der Waals surface area (Å²) in [5.41, 5.74) is 4.94. The number of aromatic nitrogens is 4. The van der Waals surface area contributed by atoms with Gasteiger partial charge in [-0.2, -0.15) is 5.10 Å². The number of likely N-dealkylation sites (N-methyl/N-ethyl adjacent to an activating group) is 1. The smallest absolute Gasteiger partial charge is 0.409 e. The minimum absolute atomic E-state index is 0.0195. The number of aliphatic hydroxyl groups is 3. The number of unbranched alkanes of at least 4 members (excludes halogenated alkanes) is 2. The highest BCUT2D eigenvalue weighted by molar-refractivity contribution is 7.22. The molecule has 7 aliphatic rings. The first-order chi connectivity index (χ1) is 47.8. The maximum Gasteiger partial charge on any atom is 0.409 e. The maximum absolute atomic E-state index is 13.8. The number of hydrogen-bond acceptors (Lipinski definition) is 20. The average Bonchev–Trinajstić information content (AvgIpc) is 0.742. The molecule has 1 saturated heterocycles. The summed E-state index contributed by atoms with van der Waals surface area (Å²) in [5.74, 6) is -3.94. The fraction of sp³-hybridized carbons (Fsp3) is 0.466. The molecule has 6 aromatic rings. The third-order valence-corrected chi connectivity index (χ3v) is 21.1. The predicted octanol–water partition coefficient (Wildman–Crippen LogP) is 8.73. The fourth-order valence-corrected chi connectivity index (χ4v) is 17.5. The Hall–Kier alpha value is -9.25. The molecule has 4 saturated carbocycles. The van der Waals surface area contributed by atoms with E-state index < -0.39 is 60.2 Å². The van der Waals surface area contributed by atoms with Gasteiger partial charge in [-0.1, -0.05) is 68.0 Å². The highest BCUT2D eigenvalue weighted by Crippen LogP contribution is 2.72. The van der Waals surface area contributed by atoms with Gasteiger partial charge in [0.15, 0.2) is 16.9 Å². The largest absolute Gasteiger partial charge is 0.479 e. The highest BCUT2D eigenvalue weighted by Gasteiger charge is 2.66.